The lowest BCUT2D eigenvalue weighted by molar-refractivity contribution is -0.127. The van der Waals surface area contributed by atoms with Crippen molar-refractivity contribution in [3.63, 3.8) is 0 Å². The Bertz CT molecular complexity index is 1360. The van der Waals surface area contributed by atoms with Crippen LogP contribution in [-0.2, 0) is 11.3 Å². The summed E-state index contributed by atoms with van der Waals surface area (Å²) in [6.07, 6.45) is 0.285. The van der Waals surface area contributed by atoms with E-state index in [0.29, 0.717) is 28.5 Å². The molecular formula is C25H22N4O2S2. The number of nitrogens with zero attached hydrogens (tertiary/aromatic N) is 4. The third kappa shape index (κ3) is 5.33. The molecule has 0 aliphatic heterocycles. The molecule has 0 saturated carbocycles. The monoisotopic (exact) mass is 474 g/mol. The maximum Gasteiger partial charge on any atom is 0.272 e. The first-order valence-electron chi connectivity index (χ1n) is 10.4. The quantitative estimate of drug-likeness (QED) is 0.275. The Morgan fingerprint density at radius 1 is 1.15 bits per heavy atom. The molecule has 0 radical (unpaired) electrons. The number of amides is 1. The summed E-state index contributed by atoms with van der Waals surface area (Å²) in [5.41, 5.74) is 2.56. The highest BCUT2D eigenvalue weighted by molar-refractivity contribution is 7.99. The normalized spacial score (nSPS) is 10.8. The van der Waals surface area contributed by atoms with Gasteiger partial charge in [0.25, 0.3) is 5.56 Å². The van der Waals surface area contributed by atoms with Gasteiger partial charge in [-0.05, 0) is 17.2 Å². The van der Waals surface area contributed by atoms with Crippen molar-refractivity contribution in [2.45, 2.75) is 18.1 Å². The Labute approximate surface area is 200 Å². The van der Waals surface area contributed by atoms with Crippen molar-refractivity contribution in [1.82, 2.24) is 14.5 Å². The van der Waals surface area contributed by atoms with E-state index in [4.69, 9.17) is 10.2 Å². The Kier molecular flexibility index (Phi) is 7.23. The van der Waals surface area contributed by atoms with E-state index in [-0.39, 0.29) is 23.6 Å². The van der Waals surface area contributed by atoms with Crippen LogP contribution in [0.2, 0.25) is 0 Å². The predicted octanol–water partition coefficient (Wildman–Crippen LogP) is 4.64. The van der Waals surface area contributed by atoms with Gasteiger partial charge in [0.05, 0.1) is 30.3 Å². The Hall–Kier alpha value is -3.41. The lowest BCUT2D eigenvalue weighted by Crippen LogP contribution is -2.30. The second kappa shape index (κ2) is 10.5. The van der Waals surface area contributed by atoms with Crippen LogP contribution in [-0.4, -0.2) is 39.7 Å². The average Bonchev–Trinajstić information content (AvgIpc) is 3.28. The van der Waals surface area contributed by atoms with Crippen LogP contribution < -0.4 is 5.56 Å². The summed E-state index contributed by atoms with van der Waals surface area (Å²) in [4.78, 5) is 33.3. The molecule has 0 aliphatic carbocycles. The van der Waals surface area contributed by atoms with Crippen LogP contribution in [0.4, 0.5) is 0 Å². The van der Waals surface area contributed by atoms with Gasteiger partial charge in [-0.1, -0.05) is 72.4 Å². The molecule has 4 aromatic rings. The lowest BCUT2D eigenvalue weighted by atomic mass is 10.2. The first kappa shape index (κ1) is 22.8. The molecule has 166 valence electrons. The van der Waals surface area contributed by atoms with Crippen LogP contribution in [0.15, 0.2) is 76.7 Å². The molecule has 4 rings (SSSR count). The van der Waals surface area contributed by atoms with E-state index < -0.39 is 0 Å². The minimum Gasteiger partial charge on any atom is -0.344 e. The van der Waals surface area contributed by atoms with E-state index in [1.54, 1.807) is 11.6 Å². The number of rotatable bonds is 8. The highest BCUT2D eigenvalue weighted by atomic mass is 32.2. The molecule has 0 fully saturated rings. The molecule has 1 amide bonds. The summed E-state index contributed by atoms with van der Waals surface area (Å²) >= 11 is 2.69. The van der Waals surface area contributed by atoms with Gasteiger partial charge >= 0.3 is 0 Å². The number of thioether (sulfide) groups is 1. The number of aromatic nitrogens is 2. The van der Waals surface area contributed by atoms with E-state index in [1.165, 1.54) is 28.0 Å². The summed E-state index contributed by atoms with van der Waals surface area (Å²) in [7, 11) is 1.68. The SMILES string of the molecule is CN(CCC#N)C(=O)CSc1nc2cc(-c3ccccc3)sc2c(=O)n1Cc1ccccc1. The van der Waals surface area contributed by atoms with Gasteiger partial charge in [0.15, 0.2) is 5.16 Å². The van der Waals surface area contributed by atoms with E-state index in [2.05, 4.69) is 0 Å². The molecule has 0 atom stereocenters. The zero-order valence-electron chi connectivity index (χ0n) is 18.1. The van der Waals surface area contributed by atoms with Gasteiger partial charge in [0, 0.05) is 18.5 Å². The zero-order valence-corrected chi connectivity index (χ0v) is 19.7. The van der Waals surface area contributed by atoms with Crippen molar-refractivity contribution in [2.24, 2.45) is 0 Å². The smallest absolute Gasteiger partial charge is 0.272 e. The van der Waals surface area contributed by atoms with Crippen molar-refractivity contribution in [1.29, 1.82) is 5.26 Å². The van der Waals surface area contributed by atoms with Gasteiger partial charge in [-0.2, -0.15) is 5.26 Å². The van der Waals surface area contributed by atoms with Crippen molar-refractivity contribution >= 4 is 39.2 Å². The topological polar surface area (TPSA) is 79.0 Å². The molecule has 8 heteroatoms. The molecular weight excluding hydrogens is 452 g/mol. The van der Waals surface area contributed by atoms with Crippen LogP contribution in [0.25, 0.3) is 20.7 Å². The second-order valence-corrected chi connectivity index (χ2v) is 9.47. The fourth-order valence-electron chi connectivity index (χ4n) is 3.33. The molecule has 0 spiro atoms. The lowest BCUT2D eigenvalue weighted by Gasteiger charge is -2.16. The standard InChI is InChI=1S/C25H22N4O2S2/c1-28(14-8-13-26)22(30)17-32-25-27-20-15-21(19-11-6-3-7-12-19)33-23(20)24(31)29(25)16-18-9-4-2-5-10-18/h2-7,9-12,15H,8,14,16-17H2,1H3. The molecule has 2 aromatic carbocycles. The number of fused-ring (bicyclic) bond motifs is 1. The van der Waals surface area contributed by atoms with Gasteiger partial charge in [0.1, 0.15) is 4.70 Å². The molecule has 2 heterocycles. The van der Waals surface area contributed by atoms with E-state index in [0.717, 1.165) is 16.0 Å². The molecule has 33 heavy (non-hydrogen) atoms. The number of thiophene rings is 1. The first-order chi connectivity index (χ1) is 16.1. The largest absolute Gasteiger partial charge is 0.344 e. The fourth-order valence-corrected chi connectivity index (χ4v) is 5.32. The molecule has 0 saturated heterocycles. The van der Waals surface area contributed by atoms with E-state index in [1.807, 2.05) is 72.8 Å². The van der Waals surface area contributed by atoms with Gasteiger partial charge in [-0.25, -0.2) is 4.98 Å². The van der Waals surface area contributed by atoms with Crippen LogP contribution in [0.5, 0.6) is 0 Å². The Balaban J connectivity index is 1.71. The average molecular weight is 475 g/mol. The number of hydrogen-bond acceptors (Lipinski definition) is 6. The predicted molar refractivity (Wildman–Crippen MR) is 133 cm³/mol. The summed E-state index contributed by atoms with van der Waals surface area (Å²) in [5, 5.41) is 9.27. The van der Waals surface area contributed by atoms with Crippen LogP contribution in [0.3, 0.4) is 0 Å². The minimum absolute atomic E-state index is 0.105. The van der Waals surface area contributed by atoms with Gasteiger partial charge in [0.2, 0.25) is 5.91 Å². The van der Waals surface area contributed by atoms with Crippen molar-refractivity contribution in [3.8, 4) is 16.5 Å². The number of carbonyl (C=O) groups excluding carboxylic acids is 1. The maximum absolute atomic E-state index is 13.5. The zero-order chi connectivity index (χ0) is 23.2. The third-order valence-corrected chi connectivity index (χ3v) is 7.27. The fraction of sp³-hybridized carbons (Fsp3) is 0.200. The van der Waals surface area contributed by atoms with Gasteiger partial charge in [-0.15, -0.1) is 11.3 Å². The molecule has 6 nitrogen and oxygen atoms in total. The number of carbonyl (C=O) groups is 1. The number of nitriles is 1. The highest BCUT2D eigenvalue weighted by Crippen LogP contribution is 2.32. The van der Waals surface area contributed by atoms with Crippen molar-refractivity contribution in [3.05, 3.63) is 82.6 Å². The Morgan fingerprint density at radius 3 is 2.55 bits per heavy atom. The highest BCUT2D eigenvalue weighted by Gasteiger charge is 2.18. The third-order valence-electron chi connectivity index (χ3n) is 5.15. The Morgan fingerprint density at radius 2 is 1.85 bits per heavy atom. The van der Waals surface area contributed by atoms with Crippen molar-refractivity contribution < 1.29 is 4.79 Å². The summed E-state index contributed by atoms with van der Waals surface area (Å²) in [6.45, 7) is 0.756. The van der Waals surface area contributed by atoms with Crippen molar-refractivity contribution in [2.75, 3.05) is 19.3 Å². The van der Waals surface area contributed by atoms with Crippen LogP contribution >= 0.6 is 23.1 Å². The molecule has 0 unspecified atom stereocenters. The first-order valence-corrected chi connectivity index (χ1v) is 12.2. The second-order valence-electron chi connectivity index (χ2n) is 7.47. The van der Waals surface area contributed by atoms with Crippen LogP contribution in [0, 0.1) is 11.3 Å². The van der Waals surface area contributed by atoms with Crippen LogP contribution in [0.1, 0.15) is 12.0 Å². The van der Waals surface area contributed by atoms with Gasteiger partial charge < -0.3 is 4.90 Å². The van der Waals surface area contributed by atoms with Gasteiger partial charge in [-0.3, -0.25) is 14.2 Å². The summed E-state index contributed by atoms with van der Waals surface area (Å²) in [5.74, 6) is 0.0378. The maximum atomic E-state index is 13.5. The molecule has 0 N–H and O–H groups in total. The molecule has 0 bridgehead atoms. The summed E-state index contributed by atoms with van der Waals surface area (Å²) in [6, 6.07) is 23.7. The summed E-state index contributed by atoms with van der Waals surface area (Å²) < 4.78 is 2.25. The number of benzene rings is 2. The molecule has 2 aromatic heterocycles. The number of hydrogen-bond donors (Lipinski definition) is 0. The van der Waals surface area contributed by atoms with E-state index in [9.17, 15) is 9.59 Å². The van der Waals surface area contributed by atoms with E-state index >= 15 is 0 Å². The minimum atomic E-state index is -0.108. The molecule has 0 aliphatic rings.